The SMILES string of the molecule is [I-].c1ccc2c[n+]3ccccc3cc2c1. The molecule has 2 heteroatoms. The van der Waals surface area contributed by atoms with Gasteiger partial charge in [-0.15, -0.1) is 0 Å². The largest absolute Gasteiger partial charge is 1.00 e. The van der Waals surface area contributed by atoms with Gasteiger partial charge in [-0.3, -0.25) is 0 Å². The number of halogens is 1. The first kappa shape index (κ1) is 10.4. The molecule has 2 heterocycles. The molecule has 2 aromatic heterocycles. The van der Waals surface area contributed by atoms with Crippen LogP contribution in [0.5, 0.6) is 0 Å². The minimum Gasteiger partial charge on any atom is -1.00 e. The molecule has 1 nitrogen and oxygen atoms in total. The summed E-state index contributed by atoms with van der Waals surface area (Å²) in [6.07, 6.45) is 4.23. The Bertz CT molecular complexity index is 499. The van der Waals surface area contributed by atoms with Crippen LogP contribution < -0.4 is 28.4 Å². The van der Waals surface area contributed by atoms with Crippen LogP contribution in [0.1, 0.15) is 0 Å². The molecule has 0 saturated heterocycles. The van der Waals surface area contributed by atoms with Crippen molar-refractivity contribution in [3.63, 3.8) is 0 Å². The van der Waals surface area contributed by atoms with E-state index in [0.717, 1.165) is 0 Å². The molecular formula is C13H10IN. The monoisotopic (exact) mass is 307 g/mol. The summed E-state index contributed by atoms with van der Waals surface area (Å²) in [7, 11) is 0. The normalized spacial score (nSPS) is 10.1. The number of benzene rings is 1. The zero-order valence-corrected chi connectivity index (χ0v) is 10.3. The van der Waals surface area contributed by atoms with Gasteiger partial charge in [-0.1, -0.05) is 18.2 Å². The Balaban J connectivity index is 0.000000853. The number of pyridine rings is 2. The van der Waals surface area contributed by atoms with Gasteiger partial charge in [-0.05, 0) is 17.5 Å². The van der Waals surface area contributed by atoms with Crippen molar-refractivity contribution in [2.24, 2.45) is 0 Å². The Labute approximate surface area is 105 Å². The lowest BCUT2D eigenvalue weighted by Gasteiger charge is -1.95. The number of nitrogens with zero attached hydrogens (tertiary/aromatic N) is 1. The van der Waals surface area contributed by atoms with Crippen molar-refractivity contribution in [1.29, 1.82) is 0 Å². The van der Waals surface area contributed by atoms with Gasteiger partial charge in [0.1, 0.15) is 0 Å². The second-order valence-corrected chi connectivity index (χ2v) is 3.44. The van der Waals surface area contributed by atoms with Gasteiger partial charge in [0, 0.05) is 23.6 Å². The van der Waals surface area contributed by atoms with E-state index in [2.05, 4.69) is 59.3 Å². The lowest BCUT2D eigenvalue weighted by atomic mass is 10.1. The van der Waals surface area contributed by atoms with Crippen molar-refractivity contribution in [2.45, 2.75) is 0 Å². The van der Waals surface area contributed by atoms with E-state index in [-0.39, 0.29) is 24.0 Å². The van der Waals surface area contributed by atoms with Crippen molar-refractivity contribution in [1.82, 2.24) is 0 Å². The fourth-order valence-electron chi connectivity index (χ4n) is 1.78. The highest BCUT2D eigenvalue weighted by atomic mass is 127. The molecule has 0 bridgehead atoms. The van der Waals surface area contributed by atoms with E-state index in [9.17, 15) is 0 Å². The van der Waals surface area contributed by atoms with Gasteiger partial charge in [0.15, 0.2) is 12.4 Å². The molecule has 74 valence electrons. The first-order valence-corrected chi connectivity index (χ1v) is 4.72. The Morgan fingerprint density at radius 3 is 2.40 bits per heavy atom. The van der Waals surface area contributed by atoms with E-state index < -0.39 is 0 Å². The van der Waals surface area contributed by atoms with Crippen LogP contribution in [0.2, 0.25) is 0 Å². The molecule has 0 aliphatic carbocycles. The quantitative estimate of drug-likeness (QED) is 0.302. The summed E-state index contributed by atoms with van der Waals surface area (Å²) in [6.45, 7) is 0. The maximum Gasteiger partial charge on any atom is 0.211 e. The van der Waals surface area contributed by atoms with E-state index in [1.807, 2.05) is 6.07 Å². The van der Waals surface area contributed by atoms with Crippen LogP contribution in [-0.2, 0) is 0 Å². The molecule has 0 saturated carbocycles. The van der Waals surface area contributed by atoms with E-state index in [1.54, 1.807) is 0 Å². The maximum atomic E-state index is 2.20. The minimum absolute atomic E-state index is 0. The second-order valence-electron chi connectivity index (χ2n) is 3.44. The number of fused-ring (bicyclic) bond motifs is 2. The Kier molecular flexibility index (Phi) is 2.86. The highest BCUT2D eigenvalue weighted by Crippen LogP contribution is 2.12. The van der Waals surface area contributed by atoms with E-state index in [1.165, 1.54) is 16.3 Å². The molecule has 0 radical (unpaired) electrons. The summed E-state index contributed by atoms with van der Waals surface area (Å²) in [4.78, 5) is 0. The van der Waals surface area contributed by atoms with E-state index in [0.29, 0.717) is 0 Å². The van der Waals surface area contributed by atoms with Gasteiger partial charge in [-0.25, -0.2) is 0 Å². The summed E-state index contributed by atoms with van der Waals surface area (Å²) in [5.74, 6) is 0. The third-order valence-electron chi connectivity index (χ3n) is 2.50. The summed E-state index contributed by atoms with van der Waals surface area (Å²) in [5.41, 5.74) is 1.23. The lowest BCUT2D eigenvalue weighted by molar-refractivity contribution is -0.510. The Morgan fingerprint density at radius 1 is 0.800 bits per heavy atom. The summed E-state index contributed by atoms with van der Waals surface area (Å²) in [6, 6.07) is 16.8. The van der Waals surface area contributed by atoms with Crippen LogP contribution in [0.3, 0.4) is 0 Å². The molecule has 0 N–H and O–H groups in total. The van der Waals surface area contributed by atoms with Crippen molar-refractivity contribution < 1.29 is 28.4 Å². The Morgan fingerprint density at radius 2 is 1.53 bits per heavy atom. The van der Waals surface area contributed by atoms with Gasteiger partial charge in [0.25, 0.3) is 0 Å². The molecule has 0 fully saturated rings. The summed E-state index contributed by atoms with van der Waals surface area (Å²) in [5, 5.41) is 2.56. The maximum absolute atomic E-state index is 2.20. The highest BCUT2D eigenvalue weighted by Gasteiger charge is 2.02. The molecule has 1 aromatic carbocycles. The van der Waals surface area contributed by atoms with Crippen LogP contribution in [0.15, 0.2) is 60.9 Å². The van der Waals surface area contributed by atoms with Crippen molar-refractivity contribution in [2.75, 3.05) is 0 Å². The molecule has 3 aromatic rings. The molecule has 0 aliphatic rings. The molecule has 0 spiro atoms. The van der Waals surface area contributed by atoms with Gasteiger partial charge >= 0.3 is 0 Å². The Hall–Kier alpha value is -1.16. The van der Waals surface area contributed by atoms with Gasteiger partial charge < -0.3 is 24.0 Å². The molecular weight excluding hydrogens is 297 g/mol. The van der Waals surface area contributed by atoms with E-state index in [4.69, 9.17) is 0 Å². The van der Waals surface area contributed by atoms with Crippen molar-refractivity contribution in [3.8, 4) is 0 Å². The third-order valence-corrected chi connectivity index (χ3v) is 2.50. The zero-order valence-electron chi connectivity index (χ0n) is 8.10. The zero-order chi connectivity index (χ0) is 9.38. The van der Waals surface area contributed by atoms with Gasteiger partial charge in [-0.2, -0.15) is 4.40 Å². The average Bonchev–Trinajstić information content (AvgIpc) is 2.26. The molecule has 0 amide bonds. The smallest absolute Gasteiger partial charge is 0.211 e. The first-order valence-electron chi connectivity index (χ1n) is 4.72. The topological polar surface area (TPSA) is 4.10 Å². The summed E-state index contributed by atoms with van der Waals surface area (Å²) < 4.78 is 2.14. The average molecular weight is 307 g/mol. The van der Waals surface area contributed by atoms with Crippen molar-refractivity contribution in [3.05, 3.63) is 60.9 Å². The lowest BCUT2D eigenvalue weighted by Crippen LogP contribution is -3.00. The minimum atomic E-state index is 0. The standard InChI is InChI=1S/C13H10N.HI/c1-2-6-12-10-14-8-4-3-7-13(14)9-11(12)5-1;/h1-10H;1H/q+1;/p-1. The van der Waals surface area contributed by atoms with Gasteiger partial charge in [0.2, 0.25) is 5.52 Å². The van der Waals surface area contributed by atoms with Crippen molar-refractivity contribution >= 4 is 16.3 Å². The molecule has 3 rings (SSSR count). The molecule has 15 heavy (non-hydrogen) atoms. The van der Waals surface area contributed by atoms with Crippen LogP contribution >= 0.6 is 0 Å². The summed E-state index contributed by atoms with van der Waals surface area (Å²) >= 11 is 0. The number of rotatable bonds is 0. The fraction of sp³-hybridized carbons (Fsp3) is 0. The highest BCUT2D eigenvalue weighted by molar-refractivity contribution is 5.83. The molecule has 0 unspecified atom stereocenters. The fourth-order valence-corrected chi connectivity index (χ4v) is 1.78. The first-order chi connectivity index (χ1) is 6.93. The number of hydrogen-bond donors (Lipinski definition) is 0. The third kappa shape index (κ3) is 1.81. The molecule has 0 aliphatic heterocycles. The van der Waals surface area contributed by atoms with E-state index >= 15 is 0 Å². The predicted octanol–water partition coefficient (Wildman–Crippen LogP) is -0.417. The van der Waals surface area contributed by atoms with Crippen LogP contribution in [0, 0.1) is 0 Å². The number of aromatic nitrogens is 1. The molecule has 0 atom stereocenters. The van der Waals surface area contributed by atoms with Crippen LogP contribution in [-0.4, -0.2) is 0 Å². The predicted molar refractivity (Wildman–Crippen MR) is 57.1 cm³/mol. The van der Waals surface area contributed by atoms with Crippen LogP contribution in [0.4, 0.5) is 0 Å². The second kappa shape index (κ2) is 4.14. The van der Waals surface area contributed by atoms with Crippen LogP contribution in [0.25, 0.3) is 16.3 Å². The number of hydrogen-bond acceptors (Lipinski definition) is 0. The van der Waals surface area contributed by atoms with Gasteiger partial charge in [0.05, 0.1) is 0 Å².